The molecular weight excluding hydrogens is 300 g/mol. The van der Waals surface area contributed by atoms with Gasteiger partial charge in [-0.1, -0.05) is 48.5 Å². The fourth-order valence-electron chi connectivity index (χ4n) is 2.53. The number of nitrogens with one attached hydrogen (secondary N) is 1. The minimum atomic E-state index is -0.0119. The average molecular weight is 320 g/mol. The van der Waals surface area contributed by atoms with E-state index in [0.29, 0.717) is 6.42 Å². The predicted molar refractivity (Wildman–Crippen MR) is 94.1 cm³/mol. The first-order valence-electron chi connectivity index (χ1n) is 8.09. The summed E-state index contributed by atoms with van der Waals surface area (Å²) in [5, 5.41) is 10.8. The highest BCUT2D eigenvalue weighted by Gasteiger charge is 2.09. The normalized spacial score (nSPS) is 10.5. The molecule has 0 saturated carbocycles. The van der Waals surface area contributed by atoms with Gasteiger partial charge in [0.05, 0.1) is 23.8 Å². The molecule has 0 aliphatic heterocycles. The summed E-state index contributed by atoms with van der Waals surface area (Å²) >= 11 is 0. The van der Waals surface area contributed by atoms with Crippen molar-refractivity contribution in [2.75, 3.05) is 5.32 Å². The summed E-state index contributed by atoms with van der Waals surface area (Å²) in [6.07, 6.45) is 5.55. The molecule has 1 amide bonds. The smallest absolute Gasteiger partial charge is 0.224 e. The van der Waals surface area contributed by atoms with Gasteiger partial charge in [-0.3, -0.25) is 4.79 Å². The van der Waals surface area contributed by atoms with Gasteiger partial charge in [0.2, 0.25) is 5.91 Å². The van der Waals surface area contributed by atoms with E-state index in [0.717, 1.165) is 24.2 Å². The van der Waals surface area contributed by atoms with Gasteiger partial charge in [0, 0.05) is 6.42 Å². The van der Waals surface area contributed by atoms with Gasteiger partial charge in [0.1, 0.15) is 0 Å². The van der Waals surface area contributed by atoms with Crippen molar-refractivity contribution < 1.29 is 4.79 Å². The van der Waals surface area contributed by atoms with Crippen LogP contribution in [0.5, 0.6) is 0 Å². The van der Waals surface area contributed by atoms with Gasteiger partial charge in [-0.2, -0.15) is 0 Å². The molecule has 0 aliphatic rings. The highest BCUT2D eigenvalue weighted by Crippen LogP contribution is 2.19. The zero-order valence-corrected chi connectivity index (χ0v) is 13.6. The molecule has 5 heteroatoms. The maximum absolute atomic E-state index is 12.3. The Kier molecular flexibility index (Phi) is 5.01. The number of anilines is 1. The molecule has 122 valence electrons. The molecule has 1 heterocycles. The number of para-hydroxylation sites is 2. The molecule has 0 saturated heterocycles. The Morgan fingerprint density at radius 3 is 2.54 bits per heavy atom. The van der Waals surface area contributed by atoms with Crippen LogP contribution in [-0.4, -0.2) is 20.9 Å². The topological polar surface area (TPSA) is 59.8 Å². The minimum Gasteiger partial charge on any atom is -0.324 e. The Morgan fingerprint density at radius 1 is 1.08 bits per heavy atom. The minimum absolute atomic E-state index is 0.0119. The van der Waals surface area contributed by atoms with Crippen molar-refractivity contribution in [3.05, 3.63) is 72.1 Å². The van der Waals surface area contributed by atoms with Gasteiger partial charge in [-0.15, -0.1) is 5.10 Å². The molecule has 1 aromatic heterocycles. The molecule has 2 aromatic carbocycles. The fourth-order valence-corrected chi connectivity index (χ4v) is 2.53. The second kappa shape index (κ2) is 7.55. The summed E-state index contributed by atoms with van der Waals surface area (Å²) in [7, 11) is 0. The molecule has 0 atom stereocenters. The van der Waals surface area contributed by atoms with Crippen molar-refractivity contribution in [1.82, 2.24) is 15.0 Å². The third-order valence-electron chi connectivity index (χ3n) is 3.92. The first-order valence-corrected chi connectivity index (χ1v) is 8.09. The molecule has 24 heavy (non-hydrogen) atoms. The maximum atomic E-state index is 12.3. The molecule has 0 spiro atoms. The summed E-state index contributed by atoms with van der Waals surface area (Å²) in [6.45, 7) is 2.13. The number of benzene rings is 2. The van der Waals surface area contributed by atoms with E-state index in [2.05, 4.69) is 46.8 Å². The van der Waals surface area contributed by atoms with Crippen LogP contribution < -0.4 is 5.32 Å². The van der Waals surface area contributed by atoms with Gasteiger partial charge >= 0.3 is 0 Å². The van der Waals surface area contributed by atoms with Crippen molar-refractivity contribution >= 4 is 11.6 Å². The molecule has 0 aliphatic carbocycles. The second-order valence-corrected chi connectivity index (χ2v) is 5.58. The van der Waals surface area contributed by atoms with Crippen molar-refractivity contribution in [1.29, 1.82) is 0 Å². The maximum Gasteiger partial charge on any atom is 0.224 e. The summed E-state index contributed by atoms with van der Waals surface area (Å²) < 4.78 is 1.64. The zero-order chi connectivity index (χ0) is 16.8. The van der Waals surface area contributed by atoms with Crippen LogP contribution in [0.1, 0.15) is 24.5 Å². The Bertz CT molecular complexity index is 794. The summed E-state index contributed by atoms with van der Waals surface area (Å²) in [5.74, 6) is -0.0119. The van der Waals surface area contributed by atoms with Crippen molar-refractivity contribution in [2.45, 2.75) is 26.2 Å². The van der Waals surface area contributed by atoms with E-state index in [1.165, 1.54) is 11.1 Å². The summed E-state index contributed by atoms with van der Waals surface area (Å²) in [6, 6.07) is 16.0. The van der Waals surface area contributed by atoms with Crippen molar-refractivity contribution in [3.8, 4) is 5.69 Å². The van der Waals surface area contributed by atoms with Gasteiger partial charge in [-0.25, -0.2) is 4.68 Å². The van der Waals surface area contributed by atoms with E-state index in [4.69, 9.17) is 0 Å². The van der Waals surface area contributed by atoms with E-state index in [1.807, 2.05) is 24.3 Å². The third-order valence-corrected chi connectivity index (χ3v) is 3.92. The van der Waals surface area contributed by atoms with Crippen LogP contribution >= 0.6 is 0 Å². The number of amides is 1. The summed E-state index contributed by atoms with van der Waals surface area (Å²) in [4.78, 5) is 12.3. The Labute approximate surface area is 141 Å². The van der Waals surface area contributed by atoms with Crippen LogP contribution in [0.25, 0.3) is 5.69 Å². The Balaban J connectivity index is 1.63. The molecule has 5 nitrogen and oxygen atoms in total. The molecular formula is C19H20N4O. The lowest BCUT2D eigenvalue weighted by molar-refractivity contribution is -0.116. The molecule has 3 rings (SSSR count). The average Bonchev–Trinajstić information content (AvgIpc) is 3.15. The number of hydrogen-bond donors (Lipinski definition) is 1. The van der Waals surface area contributed by atoms with Crippen LogP contribution in [0.4, 0.5) is 5.69 Å². The lowest BCUT2D eigenvalue weighted by Gasteiger charge is -2.10. The number of hydrogen-bond acceptors (Lipinski definition) is 3. The van der Waals surface area contributed by atoms with Crippen molar-refractivity contribution in [2.24, 2.45) is 0 Å². The largest absolute Gasteiger partial charge is 0.324 e. The monoisotopic (exact) mass is 320 g/mol. The molecule has 0 fully saturated rings. The lowest BCUT2D eigenvalue weighted by atomic mass is 10.1. The predicted octanol–water partition coefficient (Wildman–Crippen LogP) is 3.40. The Hall–Kier alpha value is -2.95. The first-order chi connectivity index (χ1) is 11.8. The number of aryl methyl sites for hydroxylation is 2. The molecule has 0 unspecified atom stereocenters. The Morgan fingerprint density at radius 2 is 1.83 bits per heavy atom. The van der Waals surface area contributed by atoms with Gasteiger partial charge in [-0.05, 0) is 36.1 Å². The molecule has 0 bridgehead atoms. The quantitative estimate of drug-likeness (QED) is 0.757. The van der Waals surface area contributed by atoms with E-state index >= 15 is 0 Å². The number of carbonyl (C=O) groups excluding carboxylic acids is 1. The standard InChI is InChI=1S/C19H20N4O/c1-2-15-7-9-16(10-8-15)11-12-19(24)21-17-5-3-4-6-18(17)23-14-13-20-22-23/h3-10,13-14H,2,11-12H2,1H3,(H,21,24). The first kappa shape index (κ1) is 15.9. The van der Waals surface area contributed by atoms with E-state index in [-0.39, 0.29) is 5.91 Å². The van der Waals surface area contributed by atoms with Crippen LogP contribution in [0.3, 0.4) is 0 Å². The second-order valence-electron chi connectivity index (χ2n) is 5.58. The number of carbonyl (C=O) groups is 1. The number of aromatic nitrogens is 3. The fraction of sp³-hybridized carbons (Fsp3) is 0.211. The van der Waals surface area contributed by atoms with Gasteiger partial charge in [0.15, 0.2) is 0 Å². The van der Waals surface area contributed by atoms with Gasteiger partial charge < -0.3 is 5.32 Å². The van der Waals surface area contributed by atoms with Crippen LogP contribution in [-0.2, 0) is 17.6 Å². The number of nitrogens with zero attached hydrogens (tertiary/aromatic N) is 3. The molecule has 1 N–H and O–H groups in total. The van der Waals surface area contributed by atoms with E-state index in [1.54, 1.807) is 17.1 Å². The van der Waals surface area contributed by atoms with Crippen LogP contribution in [0, 0.1) is 0 Å². The van der Waals surface area contributed by atoms with Crippen LogP contribution in [0.15, 0.2) is 60.9 Å². The van der Waals surface area contributed by atoms with Crippen molar-refractivity contribution in [3.63, 3.8) is 0 Å². The lowest BCUT2D eigenvalue weighted by Crippen LogP contribution is -2.14. The zero-order valence-electron chi connectivity index (χ0n) is 13.6. The third kappa shape index (κ3) is 3.87. The molecule has 0 radical (unpaired) electrons. The van der Waals surface area contributed by atoms with E-state index < -0.39 is 0 Å². The van der Waals surface area contributed by atoms with Crippen LogP contribution in [0.2, 0.25) is 0 Å². The highest BCUT2D eigenvalue weighted by molar-refractivity contribution is 5.92. The SMILES string of the molecule is CCc1ccc(CCC(=O)Nc2ccccc2-n2ccnn2)cc1. The van der Waals surface area contributed by atoms with Gasteiger partial charge in [0.25, 0.3) is 0 Å². The molecule has 3 aromatic rings. The van der Waals surface area contributed by atoms with E-state index in [9.17, 15) is 4.79 Å². The highest BCUT2D eigenvalue weighted by atomic mass is 16.1. The number of rotatable bonds is 6. The summed E-state index contributed by atoms with van der Waals surface area (Å²) in [5.41, 5.74) is 4.02.